The molecule has 3 unspecified atom stereocenters. The molecule has 2 aliphatic carbocycles. The van der Waals surface area contributed by atoms with E-state index >= 15 is 0 Å². The van der Waals surface area contributed by atoms with E-state index in [4.69, 9.17) is 0 Å². The number of benzene rings is 2. The first-order valence-corrected chi connectivity index (χ1v) is 11.0. The van der Waals surface area contributed by atoms with Gasteiger partial charge in [0.15, 0.2) is 0 Å². The van der Waals surface area contributed by atoms with Gasteiger partial charge in [-0.15, -0.1) is 0 Å². The van der Waals surface area contributed by atoms with Crippen molar-refractivity contribution in [2.45, 2.75) is 45.8 Å². The molecule has 0 aliphatic heterocycles. The summed E-state index contributed by atoms with van der Waals surface area (Å²) in [5.74, 6) is 0.431. The highest BCUT2D eigenvalue weighted by Crippen LogP contribution is 2.66. The van der Waals surface area contributed by atoms with Gasteiger partial charge in [-0.25, -0.2) is 13.1 Å². The van der Waals surface area contributed by atoms with Crippen LogP contribution in [0.15, 0.2) is 42.5 Å². The number of rotatable bonds is 5. The van der Waals surface area contributed by atoms with Crippen molar-refractivity contribution in [3.8, 4) is 0 Å². The summed E-state index contributed by atoms with van der Waals surface area (Å²) in [6, 6.07) is 13.9. The fourth-order valence-corrected chi connectivity index (χ4v) is 7.27. The molecule has 2 bridgehead atoms. The van der Waals surface area contributed by atoms with Crippen LogP contribution in [0.2, 0.25) is 0 Å². The van der Waals surface area contributed by atoms with Gasteiger partial charge in [-0.1, -0.05) is 56.3 Å². The van der Waals surface area contributed by atoms with Gasteiger partial charge >= 0.3 is 0 Å². The lowest BCUT2D eigenvalue weighted by molar-refractivity contribution is 0.0152. The Labute approximate surface area is 155 Å². The fraction of sp³-hybridized carbons (Fsp3) is 0.524. The van der Waals surface area contributed by atoms with Crippen LogP contribution in [0.3, 0.4) is 0 Å². The van der Waals surface area contributed by atoms with Crippen molar-refractivity contribution in [3.05, 3.63) is 48.0 Å². The van der Waals surface area contributed by atoms with Gasteiger partial charge in [0.1, 0.15) is 0 Å². The van der Waals surface area contributed by atoms with E-state index in [0.717, 1.165) is 35.6 Å². The van der Waals surface area contributed by atoms with Gasteiger partial charge < -0.3 is 5.11 Å². The molecular formula is C21H27NO3S. The Morgan fingerprint density at radius 1 is 1.15 bits per heavy atom. The van der Waals surface area contributed by atoms with Crippen molar-refractivity contribution < 1.29 is 13.5 Å². The van der Waals surface area contributed by atoms with Gasteiger partial charge in [-0.05, 0) is 46.9 Å². The van der Waals surface area contributed by atoms with Crippen LogP contribution in [0.1, 0.15) is 38.7 Å². The molecule has 5 heteroatoms. The first kappa shape index (κ1) is 18.0. The lowest BCUT2D eigenvalue weighted by Gasteiger charge is -2.40. The van der Waals surface area contributed by atoms with Crippen LogP contribution in [0, 0.1) is 16.7 Å². The summed E-state index contributed by atoms with van der Waals surface area (Å²) in [4.78, 5) is 0. The molecule has 0 amide bonds. The molecule has 26 heavy (non-hydrogen) atoms. The molecule has 2 aromatic rings. The highest BCUT2D eigenvalue weighted by Gasteiger charge is 2.64. The van der Waals surface area contributed by atoms with Gasteiger partial charge in [0, 0.05) is 12.0 Å². The predicted molar refractivity (Wildman–Crippen MR) is 104 cm³/mol. The standard InChI is InChI=1S/C21H27NO3S/c1-20(2)17-10-11-21(20,19(23)12-17)14-26(24,25)22-13-16-8-5-7-15-6-3-4-9-18(15)16/h3-9,17,19,22-23H,10-14H2,1-2H3. The Morgan fingerprint density at radius 2 is 1.88 bits per heavy atom. The maximum Gasteiger partial charge on any atom is 0.212 e. The molecule has 0 aromatic heterocycles. The van der Waals surface area contributed by atoms with Crippen LogP contribution >= 0.6 is 0 Å². The van der Waals surface area contributed by atoms with Crippen molar-refractivity contribution in [2.24, 2.45) is 16.7 Å². The molecule has 2 N–H and O–H groups in total. The normalized spacial score (nSPS) is 30.1. The van der Waals surface area contributed by atoms with Crippen molar-refractivity contribution in [1.82, 2.24) is 4.72 Å². The van der Waals surface area contributed by atoms with E-state index in [-0.39, 0.29) is 17.7 Å². The molecule has 140 valence electrons. The third-order valence-electron chi connectivity index (χ3n) is 7.20. The first-order chi connectivity index (χ1) is 12.3. The van der Waals surface area contributed by atoms with Crippen LogP contribution in [0.25, 0.3) is 10.8 Å². The zero-order chi connectivity index (χ0) is 18.6. The van der Waals surface area contributed by atoms with Crippen LogP contribution in [0.5, 0.6) is 0 Å². The maximum absolute atomic E-state index is 12.9. The monoisotopic (exact) mass is 373 g/mol. The molecular weight excluding hydrogens is 346 g/mol. The largest absolute Gasteiger partial charge is 0.392 e. The van der Waals surface area contributed by atoms with Crippen LogP contribution in [-0.4, -0.2) is 25.4 Å². The molecule has 4 rings (SSSR count). The van der Waals surface area contributed by atoms with Crippen LogP contribution < -0.4 is 4.72 Å². The lowest BCUT2D eigenvalue weighted by Crippen LogP contribution is -2.47. The second-order valence-electron chi connectivity index (χ2n) is 8.58. The molecule has 2 saturated carbocycles. The topological polar surface area (TPSA) is 66.4 Å². The minimum atomic E-state index is -3.49. The first-order valence-electron chi connectivity index (χ1n) is 9.37. The van der Waals surface area contributed by atoms with Crippen molar-refractivity contribution >= 4 is 20.8 Å². The number of hydrogen-bond donors (Lipinski definition) is 2. The number of nitrogens with one attached hydrogen (secondary N) is 1. The number of aliphatic hydroxyl groups is 1. The van der Waals surface area contributed by atoms with E-state index in [9.17, 15) is 13.5 Å². The summed E-state index contributed by atoms with van der Waals surface area (Å²) in [7, 11) is -3.49. The number of sulfonamides is 1. The molecule has 4 nitrogen and oxygen atoms in total. The number of aliphatic hydroxyl groups excluding tert-OH is 1. The zero-order valence-electron chi connectivity index (χ0n) is 15.4. The van der Waals surface area contributed by atoms with Gasteiger partial charge in [0.2, 0.25) is 10.0 Å². The summed E-state index contributed by atoms with van der Waals surface area (Å²) in [6.45, 7) is 4.53. The second kappa shape index (κ2) is 6.04. The minimum absolute atomic E-state index is 0.00936. The third-order valence-corrected chi connectivity index (χ3v) is 8.68. The molecule has 2 aliphatic rings. The van der Waals surface area contributed by atoms with E-state index in [1.165, 1.54) is 0 Å². The van der Waals surface area contributed by atoms with E-state index in [1.807, 2.05) is 42.5 Å². The molecule has 2 fully saturated rings. The average Bonchev–Trinajstić information content (AvgIpc) is 2.94. The molecule has 3 atom stereocenters. The second-order valence-corrected chi connectivity index (χ2v) is 10.4. The van der Waals surface area contributed by atoms with E-state index in [0.29, 0.717) is 5.92 Å². The predicted octanol–water partition coefficient (Wildman–Crippen LogP) is 3.45. The van der Waals surface area contributed by atoms with Gasteiger partial charge in [0.05, 0.1) is 11.9 Å². The Kier molecular flexibility index (Phi) is 4.17. The average molecular weight is 374 g/mol. The highest BCUT2D eigenvalue weighted by molar-refractivity contribution is 7.89. The lowest BCUT2D eigenvalue weighted by atomic mass is 9.70. The fourth-order valence-electron chi connectivity index (χ4n) is 5.40. The number of fused-ring (bicyclic) bond motifs is 3. The van der Waals surface area contributed by atoms with Gasteiger partial charge in [-0.3, -0.25) is 0 Å². The quantitative estimate of drug-likeness (QED) is 0.844. The molecule has 0 radical (unpaired) electrons. The van der Waals surface area contributed by atoms with Crippen molar-refractivity contribution in [2.75, 3.05) is 5.75 Å². The van der Waals surface area contributed by atoms with Gasteiger partial charge in [-0.2, -0.15) is 0 Å². The molecule has 0 heterocycles. The molecule has 0 saturated heterocycles. The zero-order valence-corrected chi connectivity index (χ0v) is 16.2. The SMILES string of the molecule is CC1(C)C2CCC1(CS(=O)(=O)NCc1cccc3ccccc13)C(O)C2. The molecule has 2 aromatic carbocycles. The number of hydrogen-bond acceptors (Lipinski definition) is 3. The summed E-state index contributed by atoms with van der Waals surface area (Å²) >= 11 is 0. The summed E-state index contributed by atoms with van der Waals surface area (Å²) in [6.07, 6.45) is 2.01. The van der Waals surface area contributed by atoms with E-state index < -0.39 is 21.5 Å². The Hall–Kier alpha value is -1.43. The van der Waals surface area contributed by atoms with Crippen LogP contribution in [0.4, 0.5) is 0 Å². The van der Waals surface area contributed by atoms with Gasteiger partial charge in [0.25, 0.3) is 0 Å². The summed E-state index contributed by atoms with van der Waals surface area (Å²) in [5, 5.41) is 12.8. The maximum atomic E-state index is 12.9. The third kappa shape index (κ3) is 2.68. The smallest absolute Gasteiger partial charge is 0.212 e. The van der Waals surface area contributed by atoms with Crippen LogP contribution in [-0.2, 0) is 16.6 Å². The summed E-state index contributed by atoms with van der Waals surface area (Å²) in [5.41, 5.74) is 0.308. The minimum Gasteiger partial charge on any atom is -0.392 e. The van der Waals surface area contributed by atoms with E-state index in [1.54, 1.807) is 0 Å². The Balaban J connectivity index is 1.55. The van der Waals surface area contributed by atoms with Crippen molar-refractivity contribution in [1.29, 1.82) is 0 Å². The van der Waals surface area contributed by atoms with Crippen molar-refractivity contribution in [3.63, 3.8) is 0 Å². The molecule has 0 spiro atoms. The highest BCUT2D eigenvalue weighted by atomic mass is 32.2. The Bertz CT molecular complexity index is 932. The van der Waals surface area contributed by atoms with E-state index in [2.05, 4.69) is 18.6 Å². The Morgan fingerprint density at radius 3 is 2.58 bits per heavy atom. The summed E-state index contributed by atoms with van der Waals surface area (Å²) < 4.78 is 28.6.